The van der Waals surface area contributed by atoms with Crippen molar-refractivity contribution in [2.75, 3.05) is 24.6 Å². The summed E-state index contributed by atoms with van der Waals surface area (Å²) in [6.07, 6.45) is 3.35. The fraction of sp³-hybridized carbons (Fsp3) is 0.471. The number of aromatic nitrogens is 3. The Morgan fingerprint density at radius 2 is 2.15 bits per heavy atom. The number of hydrogen-bond acceptors (Lipinski definition) is 6. The van der Waals surface area contributed by atoms with Gasteiger partial charge in [-0.2, -0.15) is 5.10 Å². The molecule has 1 atom stereocenters. The first kappa shape index (κ1) is 18.5. The van der Waals surface area contributed by atoms with Crippen LogP contribution in [0.1, 0.15) is 24.4 Å². The molecule has 0 aromatic carbocycles. The Morgan fingerprint density at radius 1 is 1.31 bits per heavy atom. The third-order valence-corrected chi connectivity index (χ3v) is 6.18. The number of sulfone groups is 1. The SMILES string of the molecule is CCS(=O)(=O)CCN1Cc2ccnn2C(C(=O)NCc2ccccn2)C1. The molecule has 0 saturated carbocycles. The van der Waals surface area contributed by atoms with E-state index in [0.717, 1.165) is 11.4 Å². The van der Waals surface area contributed by atoms with Crippen molar-refractivity contribution in [3.63, 3.8) is 0 Å². The number of fused-ring (bicyclic) bond motifs is 1. The second kappa shape index (κ2) is 7.96. The van der Waals surface area contributed by atoms with Crippen molar-refractivity contribution < 1.29 is 13.2 Å². The first-order chi connectivity index (χ1) is 12.5. The third kappa shape index (κ3) is 4.47. The van der Waals surface area contributed by atoms with E-state index in [1.807, 2.05) is 29.2 Å². The van der Waals surface area contributed by atoms with Crippen LogP contribution in [0, 0.1) is 0 Å². The predicted molar refractivity (Wildman–Crippen MR) is 97.0 cm³/mol. The van der Waals surface area contributed by atoms with Crippen LogP contribution < -0.4 is 5.32 Å². The van der Waals surface area contributed by atoms with Crippen molar-refractivity contribution in [3.05, 3.63) is 48.0 Å². The molecule has 2 aromatic rings. The number of carbonyl (C=O) groups excluding carboxylic acids is 1. The molecule has 8 nitrogen and oxygen atoms in total. The van der Waals surface area contributed by atoms with Crippen LogP contribution in [0.15, 0.2) is 36.7 Å². The van der Waals surface area contributed by atoms with Crippen LogP contribution in [0.5, 0.6) is 0 Å². The van der Waals surface area contributed by atoms with E-state index in [9.17, 15) is 13.2 Å². The van der Waals surface area contributed by atoms with Crippen molar-refractivity contribution in [1.29, 1.82) is 0 Å². The van der Waals surface area contributed by atoms with Gasteiger partial charge in [0.2, 0.25) is 5.91 Å². The Bertz CT molecular complexity index is 850. The molecule has 1 N–H and O–H groups in total. The monoisotopic (exact) mass is 377 g/mol. The highest BCUT2D eigenvalue weighted by molar-refractivity contribution is 7.91. The maximum atomic E-state index is 12.7. The fourth-order valence-corrected chi connectivity index (χ4v) is 3.76. The lowest BCUT2D eigenvalue weighted by molar-refractivity contribution is -0.126. The van der Waals surface area contributed by atoms with E-state index in [-0.39, 0.29) is 17.4 Å². The lowest BCUT2D eigenvalue weighted by Gasteiger charge is -2.33. The smallest absolute Gasteiger partial charge is 0.246 e. The highest BCUT2D eigenvalue weighted by Crippen LogP contribution is 2.20. The van der Waals surface area contributed by atoms with Crippen LogP contribution in [0.3, 0.4) is 0 Å². The van der Waals surface area contributed by atoms with Gasteiger partial charge < -0.3 is 5.32 Å². The van der Waals surface area contributed by atoms with E-state index < -0.39 is 15.9 Å². The molecule has 3 heterocycles. The number of hydrogen-bond donors (Lipinski definition) is 1. The van der Waals surface area contributed by atoms with Gasteiger partial charge in [-0.15, -0.1) is 0 Å². The van der Waals surface area contributed by atoms with E-state index in [2.05, 4.69) is 15.4 Å². The van der Waals surface area contributed by atoms with E-state index in [1.54, 1.807) is 24.0 Å². The summed E-state index contributed by atoms with van der Waals surface area (Å²) in [7, 11) is -3.04. The Morgan fingerprint density at radius 3 is 2.88 bits per heavy atom. The number of rotatable bonds is 7. The zero-order valence-electron chi connectivity index (χ0n) is 14.7. The summed E-state index contributed by atoms with van der Waals surface area (Å²) < 4.78 is 25.3. The normalized spacial score (nSPS) is 17.7. The highest BCUT2D eigenvalue weighted by atomic mass is 32.2. The number of nitrogens with zero attached hydrogens (tertiary/aromatic N) is 4. The average Bonchev–Trinajstić information content (AvgIpc) is 3.13. The summed E-state index contributed by atoms with van der Waals surface area (Å²) in [5.41, 5.74) is 1.69. The predicted octanol–water partition coefficient (Wildman–Crippen LogP) is 0.386. The van der Waals surface area contributed by atoms with Crippen molar-refractivity contribution >= 4 is 15.7 Å². The van der Waals surface area contributed by atoms with Crippen LogP contribution in [-0.2, 0) is 27.7 Å². The Labute approximate surface area is 153 Å². The number of amides is 1. The van der Waals surface area contributed by atoms with Gasteiger partial charge >= 0.3 is 0 Å². The van der Waals surface area contributed by atoms with Crippen LogP contribution >= 0.6 is 0 Å². The highest BCUT2D eigenvalue weighted by Gasteiger charge is 2.31. The number of carbonyl (C=O) groups is 1. The third-order valence-electron chi connectivity index (χ3n) is 4.50. The minimum absolute atomic E-state index is 0.0971. The lowest BCUT2D eigenvalue weighted by atomic mass is 10.1. The van der Waals surface area contributed by atoms with E-state index >= 15 is 0 Å². The summed E-state index contributed by atoms with van der Waals surface area (Å²) in [6, 6.07) is 6.92. The van der Waals surface area contributed by atoms with Gasteiger partial charge in [0.25, 0.3) is 0 Å². The topological polar surface area (TPSA) is 97.2 Å². The molecule has 9 heteroatoms. The van der Waals surface area contributed by atoms with Gasteiger partial charge in [-0.05, 0) is 18.2 Å². The van der Waals surface area contributed by atoms with Crippen molar-refractivity contribution in [3.8, 4) is 0 Å². The Hall–Kier alpha value is -2.26. The van der Waals surface area contributed by atoms with Crippen molar-refractivity contribution in [2.45, 2.75) is 26.1 Å². The first-order valence-electron chi connectivity index (χ1n) is 8.61. The standard InChI is InChI=1S/C17H23N5O3S/c1-2-26(24,25)10-9-21-12-15-6-8-20-22(15)16(13-21)17(23)19-11-14-5-3-4-7-18-14/h3-8,16H,2,9-13H2,1H3,(H,19,23). The van der Waals surface area contributed by atoms with Gasteiger partial charge in [0.1, 0.15) is 6.04 Å². The minimum Gasteiger partial charge on any atom is -0.349 e. The summed E-state index contributed by atoms with van der Waals surface area (Å²) in [6.45, 7) is 3.42. The molecule has 0 spiro atoms. The van der Waals surface area contributed by atoms with Gasteiger partial charge in [0.15, 0.2) is 9.84 Å². The van der Waals surface area contributed by atoms with Crippen LogP contribution in [0.2, 0.25) is 0 Å². The molecule has 0 saturated heterocycles. The molecular formula is C17H23N5O3S. The van der Waals surface area contributed by atoms with Gasteiger partial charge in [0.05, 0.1) is 23.7 Å². The largest absolute Gasteiger partial charge is 0.349 e. The average molecular weight is 377 g/mol. The summed E-state index contributed by atoms with van der Waals surface area (Å²) in [4.78, 5) is 18.9. The molecule has 0 radical (unpaired) electrons. The zero-order chi connectivity index (χ0) is 18.6. The molecule has 1 aliphatic heterocycles. The first-order valence-corrected chi connectivity index (χ1v) is 10.4. The summed E-state index contributed by atoms with van der Waals surface area (Å²) in [5, 5.41) is 7.17. The molecular weight excluding hydrogens is 354 g/mol. The number of pyridine rings is 1. The van der Waals surface area contributed by atoms with Gasteiger partial charge in [-0.25, -0.2) is 8.42 Å². The fourth-order valence-electron chi connectivity index (χ4n) is 2.94. The lowest BCUT2D eigenvalue weighted by Crippen LogP contribution is -2.46. The van der Waals surface area contributed by atoms with E-state index in [0.29, 0.717) is 26.2 Å². The molecule has 1 unspecified atom stereocenters. The maximum absolute atomic E-state index is 12.7. The second-order valence-electron chi connectivity index (χ2n) is 6.29. The molecule has 140 valence electrons. The van der Waals surface area contributed by atoms with Gasteiger partial charge in [0, 0.05) is 37.8 Å². The van der Waals surface area contributed by atoms with Gasteiger partial charge in [-0.3, -0.25) is 19.4 Å². The minimum atomic E-state index is -3.04. The zero-order valence-corrected chi connectivity index (χ0v) is 15.5. The van der Waals surface area contributed by atoms with Crippen molar-refractivity contribution in [1.82, 2.24) is 25.0 Å². The van der Waals surface area contributed by atoms with Crippen LogP contribution in [0.25, 0.3) is 0 Å². The molecule has 0 fully saturated rings. The molecule has 1 aliphatic rings. The second-order valence-corrected chi connectivity index (χ2v) is 8.77. The quantitative estimate of drug-likeness (QED) is 0.750. The van der Waals surface area contributed by atoms with Crippen molar-refractivity contribution in [2.24, 2.45) is 0 Å². The Kier molecular flexibility index (Phi) is 5.67. The van der Waals surface area contributed by atoms with E-state index in [1.165, 1.54) is 0 Å². The number of nitrogens with one attached hydrogen (secondary N) is 1. The molecule has 3 rings (SSSR count). The Balaban J connectivity index is 1.66. The molecule has 0 bridgehead atoms. The van der Waals surface area contributed by atoms with E-state index in [4.69, 9.17) is 0 Å². The molecule has 1 amide bonds. The van der Waals surface area contributed by atoms with Gasteiger partial charge in [-0.1, -0.05) is 13.0 Å². The summed E-state index contributed by atoms with van der Waals surface area (Å²) >= 11 is 0. The maximum Gasteiger partial charge on any atom is 0.246 e. The van der Waals surface area contributed by atoms with Crippen LogP contribution in [-0.4, -0.2) is 58.6 Å². The van der Waals surface area contributed by atoms with Crippen LogP contribution in [0.4, 0.5) is 0 Å². The summed E-state index contributed by atoms with van der Waals surface area (Å²) in [5.74, 6) is 0.0794. The molecule has 0 aliphatic carbocycles. The molecule has 26 heavy (non-hydrogen) atoms. The molecule has 2 aromatic heterocycles.